The van der Waals surface area contributed by atoms with Gasteiger partial charge >= 0.3 is 5.97 Å². The van der Waals surface area contributed by atoms with E-state index in [0.29, 0.717) is 17.1 Å². The van der Waals surface area contributed by atoms with Crippen molar-refractivity contribution in [1.82, 2.24) is 0 Å². The Labute approximate surface area is 107 Å². The van der Waals surface area contributed by atoms with Gasteiger partial charge in [-0.2, -0.15) is 0 Å². The summed E-state index contributed by atoms with van der Waals surface area (Å²) in [5.74, 6) is -2.06. The average molecular weight is 260 g/mol. The van der Waals surface area contributed by atoms with Crippen LogP contribution < -0.4 is 0 Å². The molecule has 0 bridgehead atoms. The van der Waals surface area contributed by atoms with E-state index in [-0.39, 0.29) is 5.82 Å². The van der Waals surface area contributed by atoms with Crippen molar-refractivity contribution in [1.29, 1.82) is 0 Å². The molecule has 0 saturated carbocycles. The number of aliphatic carboxylic acids is 1. The van der Waals surface area contributed by atoms with Crippen LogP contribution in [0.5, 0.6) is 0 Å². The second-order valence-corrected chi connectivity index (χ2v) is 3.71. The fourth-order valence-electron chi connectivity index (χ4n) is 1.44. The summed E-state index contributed by atoms with van der Waals surface area (Å²) in [5.41, 5.74) is 0.686. The molecule has 4 nitrogen and oxygen atoms in total. The van der Waals surface area contributed by atoms with Crippen molar-refractivity contribution >= 4 is 17.8 Å². The van der Waals surface area contributed by atoms with Gasteiger partial charge in [-0.3, -0.25) is 4.79 Å². The molecule has 0 fully saturated rings. The molecule has 1 aromatic carbocycles. The second-order valence-electron chi connectivity index (χ2n) is 3.71. The molecule has 0 aliphatic heterocycles. The maximum atomic E-state index is 12.8. The Bertz CT molecular complexity index is 638. The Kier molecular flexibility index (Phi) is 3.56. The standard InChI is InChI=1S/C14H9FO4/c15-10-3-1-9(2-4-10)13-8-6-11(19-13)5-7-12(16)14(17)18/h1-8H,(H,17,18)/b7-5+. The van der Waals surface area contributed by atoms with Gasteiger partial charge in [-0.1, -0.05) is 0 Å². The number of benzene rings is 1. The summed E-state index contributed by atoms with van der Waals surface area (Å²) in [6, 6.07) is 8.97. The van der Waals surface area contributed by atoms with Gasteiger partial charge in [0.2, 0.25) is 0 Å². The van der Waals surface area contributed by atoms with E-state index < -0.39 is 11.8 Å². The average Bonchev–Trinajstić information content (AvgIpc) is 2.85. The van der Waals surface area contributed by atoms with Gasteiger partial charge in [-0.25, -0.2) is 9.18 Å². The van der Waals surface area contributed by atoms with E-state index in [1.807, 2.05) is 0 Å². The third-order valence-corrected chi connectivity index (χ3v) is 2.37. The third kappa shape index (κ3) is 3.16. The number of carboxylic acids is 1. The molecule has 1 aromatic heterocycles. The highest BCUT2D eigenvalue weighted by atomic mass is 19.1. The molecule has 96 valence electrons. The van der Waals surface area contributed by atoms with Crippen LogP contribution in [0.4, 0.5) is 4.39 Å². The minimum absolute atomic E-state index is 0.342. The number of furan rings is 1. The molecule has 2 rings (SSSR count). The lowest BCUT2D eigenvalue weighted by Gasteiger charge is -1.95. The topological polar surface area (TPSA) is 67.5 Å². The van der Waals surface area contributed by atoms with Gasteiger partial charge in [0.25, 0.3) is 5.78 Å². The van der Waals surface area contributed by atoms with Crippen molar-refractivity contribution in [2.75, 3.05) is 0 Å². The predicted molar refractivity (Wildman–Crippen MR) is 65.8 cm³/mol. The van der Waals surface area contributed by atoms with Crippen LogP contribution in [-0.4, -0.2) is 16.9 Å². The Balaban J connectivity index is 2.17. The first kappa shape index (κ1) is 12.8. The Hall–Kier alpha value is -2.69. The molecule has 19 heavy (non-hydrogen) atoms. The van der Waals surface area contributed by atoms with Gasteiger partial charge in [-0.05, 0) is 48.6 Å². The third-order valence-electron chi connectivity index (χ3n) is 2.37. The number of halogens is 1. The summed E-state index contributed by atoms with van der Waals surface area (Å²) < 4.78 is 18.1. The zero-order valence-electron chi connectivity index (χ0n) is 9.67. The molecule has 0 atom stereocenters. The lowest BCUT2D eigenvalue weighted by Crippen LogP contribution is -2.08. The monoisotopic (exact) mass is 260 g/mol. The molecule has 0 spiro atoms. The number of ketones is 1. The van der Waals surface area contributed by atoms with Crippen LogP contribution >= 0.6 is 0 Å². The van der Waals surface area contributed by atoms with Gasteiger partial charge in [0.05, 0.1) is 0 Å². The van der Waals surface area contributed by atoms with Gasteiger partial charge < -0.3 is 9.52 Å². The lowest BCUT2D eigenvalue weighted by atomic mass is 10.2. The lowest BCUT2D eigenvalue weighted by molar-refractivity contribution is -0.146. The molecule has 0 radical (unpaired) electrons. The van der Waals surface area contributed by atoms with Gasteiger partial charge in [0.15, 0.2) is 0 Å². The summed E-state index contributed by atoms with van der Waals surface area (Å²) >= 11 is 0. The molecular formula is C14H9FO4. The number of hydrogen-bond donors (Lipinski definition) is 1. The van der Waals surface area contributed by atoms with Gasteiger partial charge in [0.1, 0.15) is 17.3 Å². The van der Waals surface area contributed by atoms with E-state index in [2.05, 4.69) is 0 Å². The highest BCUT2D eigenvalue weighted by Crippen LogP contribution is 2.22. The maximum absolute atomic E-state index is 12.8. The Morgan fingerprint density at radius 3 is 2.42 bits per heavy atom. The van der Waals surface area contributed by atoms with Gasteiger partial charge in [-0.15, -0.1) is 0 Å². The molecule has 5 heteroatoms. The van der Waals surface area contributed by atoms with Crippen LogP contribution in [0.3, 0.4) is 0 Å². The highest BCUT2D eigenvalue weighted by molar-refractivity contribution is 6.38. The van der Waals surface area contributed by atoms with E-state index in [0.717, 1.165) is 6.08 Å². The van der Waals surface area contributed by atoms with Gasteiger partial charge in [0, 0.05) is 5.56 Å². The minimum atomic E-state index is -1.53. The number of hydrogen-bond acceptors (Lipinski definition) is 3. The summed E-state index contributed by atoms with van der Waals surface area (Å²) in [4.78, 5) is 21.2. The van der Waals surface area contributed by atoms with Crippen molar-refractivity contribution in [2.24, 2.45) is 0 Å². The molecule has 0 aliphatic carbocycles. The van der Waals surface area contributed by atoms with E-state index in [1.165, 1.54) is 18.2 Å². The zero-order valence-corrected chi connectivity index (χ0v) is 9.67. The van der Waals surface area contributed by atoms with Crippen LogP contribution in [0.1, 0.15) is 5.76 Å². The quantitative estimate of drug-likeness (QED) is 0.678. The van der Waals surface area contributed by atoms with Crippen molar-refractivity contribution in [2.45, 2.75) is 0 Å². The molecule has 0 amide bonds. The van der Waals surface area contributed by atoms with Crippen LogP contribution in [-0.2, 0) is 9.59 Å². The first-order valence-electron chi connectivity index (χ1n) is 5.37. The van der Waals surface area contributed by atoms with Crippen molar-refractivity contribution in [3.8, 4) is 11.3 Å². The highest BCUT2D eigenvalue weighted by Gasteiger charge is 2.07. The maximum Gasteiger partial charge on any atom is 0.376 e. The zero-order chi connectivity index (χ0) is 13.8. The van der Waals surface area contributed by atoms with E-state index >= 15 is 0 Å². The minimum Gasteiger partial charge on any atom is -0.475 e. The van der Waals surface area contributed by atoms with E-state index in [9.17, 15) is 14.0 Å². The molecule has 1 N–H and O–H groups in total. The molecule has 0 unspecified atom stereocenters. The van der Waals surface area contributed by atoms with Crippen LogP contribution in [0.25, 0.3) is 17.4 Å². The smallest absolute Gasteiger partial charge is 0.376 e. The molecule has 0 aliphatic rings. The predicted octanol–water partition coefficient (Wildman–Crippen LogP) is 2.75. The number of carboxylic acid groups (broad SMARTS) is 1. The van der Waals surface area contributed by atoms with Crippen molar-refractivity contribution < 1.29 is 23.5 Å². The van der Waals surface area contributed by atoms with E-state index in [4.69, 9.17) is 9.52 Å². The molecule has 1 heterocycles. The first-order chi connectivity index (χ1) is 9.06. The summed E-state index contributed by atoms with van der Waals surface area (Å²) in [6.07, 6.45) is 2.18. The largest absolute Gasteiger partial charge is 0.475 e. The molecular weight excluding hydrogens is 251 g/mol. The number of carbonyl (C=O) groups is 2. The summed E-state index contributed by atoms with van der Waals surface area (Å²) in [6.45, 7) is 0. The SMILES string of the molecule is O=C(O)C(=O)/C=C/c1ccc(-c2ccc(F)cc2)o1. The van der Waals surface area contributed by atoms with Crippen molar-refractivity contribution in [3.63, 3.8) is 0 Å². The fraction of sp³-hybridized carbons (Fsp3) is 0. The van der Waals surface area contributed by atoms with Crippen molar-refractivity contribution in [3.05, 3.63) is 54.1 Å². The van der Waals surface area contributed by atoms with Crippen LogP contribution in [0.2, 0.25) is 0 Å². The first-order valence-corrected chi connectivity index (χ1v) is 5.37. The summed E-state index contributed by atoms with van der Waals surface area (Å²) in [7, 11) is 0. The normalized spacial score (nSPS) is 10.8. The van der Waals surface area contributed by atoms with Crippen LogP contribution in [0.15, 0.2) is 46.9 Å². The Morgan fingerprint density at radius 1 is 1.11 bits per heavy atom. The van der Waals surface area contributed by atoms with Crippen LogP contribution in [0, 0.1) is 5.82 Å². The number of carbonyl (C=O) groups excluding carboxylic acids is 1. The Morgan fingerprint density at radius 2 is 1.79 bits per heavy atom. The number of rotatable bonds is 4. The van der Waals surface area contributed by atoms with E-state index in [1.54, 1.807) is 24.3 Å². The fourth-order valence-corrected chi connectivity index (χ4v) is 1.44. The molecule has 0 saturated heterocycles. The second kappa shape index (κ2) is 5.30. The summed E-state index contributed by atoms with van der Waals surface area (Å²) in [5, 5.41) is 8.40. The molecule has 2 aromatic rings.